The Labute approximate surface area is 151 Å². The second kappa shape index (κ2) is 6.39. The van der Waals surface area contributed by atoms with Crippen LogP contribution in [-0.2, 0) is 10.0 Å². The highest BCUT2D eigenvalue weighted by Gasteiger charge is 2.22. The van der Waals surface area contributed by atoms with E-state index in [1.54, 1.807) is 12.1 Å². The lowest BCUT2D eigenvalue weighted by Gasteiger charge is -2.20. The molecule has 0 aliphatic carbocycles. The van der Waals surface area contributed by atoms with Crippen LogP contribution in [0.4, 0.5) is 5.69 Å². The molecule has 3 rings (SSSR count). The van der Waals surface area contributed by atoms with Crippen LogP contribution >= 0.6 is 39.1 Å². The van der Waals surface area contributed by atoms with Crippen molar-refractivity contribution in [1.82, 2.24) is 0 Å². The number of hydrogen-bond acceptors (Lipinski definition) is 4. The Morgan fingerprint density at radius 3 is 2.43 bits per heavy atom. The molecular weight excluding hydrogens is 429 g/mol. The summed E-state index contributed by atoms with van der Waals surface area (Å²) >= 11 is 15.2. The molecule has 1 heterocycles. The van der Waals surface area contributed by atoms with Crippen molar-refractivity contribution in [3.8, 4) is 11.5 Å². The summed E-state index contributed by atoms with van der Waals surface area (Å²) in [6, 6.07) is 7.60. The summed E-state index contributed by atoms with van der Waals surface area (Å²) < 4.78 is 39.0. The van der Waals surface area contributed by atoms with Crippen LogP contribution in [-0.4, -0.2) is 21.6 Å². The Hall–Kier alpha value is -1.15. The quantitative estimate of drug-likeness (QED) is 0.774. The molecule has 0 saturated heterocycles. The van der Waals surface area contributed by atoms with Crippen LogP contribution in [0.15, 0.2) is 39.7 Å². The average molecular weight is 439 g/mol. The first-order chi connectivity index (χ1) is 10.9. The van der Waals surface area contributed by atoms with Gasteiger partial charge in [0.15, 0.2) is 11.5 Å². The van der Waals surface area contributed by atoms with Crippen molar-refractivity contribution >= 4 is 54.8 Å². The van der Waals surface area contributed by atoms with Gasteiger partial charge in [-0.25, -0.2) is 8.42 Å². The number of nitrogens with one attached hydrogen (secondary N) is 1. The van der Waals surface area contributed by atoms with Crippen molar-refractivity contribution < 1.29 is 17.9 Å². The van der Waals surface area contributed by atoms with Gasteiger partial charge < -0.3 is 9.47 Å². The minimum atomic E-state index is -3.91. The predicted octanol–water partition coefficient (Wildman–Crippen LogP) is 4.33. The topological polar surface area (TPSA) is 64.6 Å². The molecular formula is C14H10BrCl2NO4S. The van der Waals surface area contributed by atoms with Crippen molar-refractivity contribution in [3.63, 3.8) is 0 Å². The van der Waals surface area contributed by atoms with Gasteiger partial charge >= 0.3 is 0 Å². The summed E-state index contributed by atoms with van der Waals surface area (Å²) in [5.74, 6) is 1.02. The maximum atomic E-state index is 12.5. The molecule has 2 aromatic carbocycles. The first kappa shape index (κ1) is 16.7. The lowest BCUT2D eigenvalue weighted by Crippen LogP contribution is -2.17. The zero-order valence-electron chi connectivity index (χ0n) is 11.5. The molecule has 1 aliphatic rings. The summed E-state index contributed by atoms with van der Waals surface area (Å²) in [6.45, 7) is 0.851. The summed E-state index contributed by atoms with van der Waals surface area (Å²) in [6.07, 6.45) is 0. The zero-order chi connectivity index (χ0) is 16.6. The van der Waals surface area contributed by atoms with Crippen molar-refractivity contribution in [2.75, 3.05) is 17.9 Å². The molecule has 0 atom stereocenters. The maximum Gasteiger partial charge on any atom is 0.263 e. The number of anilines is 1. The predicted molar refractivity (Wildman–Crippen MR) is 92.4 cm³/mol. The number of rotatable bonds is 3. The molecule has 0 radical (unpaired) electrons. The van der Waals surface area contributed by atoms with Crippen LogP contribution in [0.5, 0.6) is 11.5 Å². The average Bonchev–Trinajstić information content (AvgIpc) is 2.50. The third kappa shape index (κ3) is 3.38. The van der Waals surface area contributed by atoms with Gasteiger partial charge in [-0.15, -0.1) is 0 Å². The molecule has 5 nitrogen and oxygen atoms in total. The molecule has 9 heteroatoms. The van der Waals surface area contributed by atoms with Gasteiger partial charge in [0.1, 0.15) is 18.1 Å². The van der Waals surface area contributed by atoms with Crippen LogP contribution in [0.1, 0.15) is 0 Å². The third-order valence-corrected chi connectivity index (χ3v) is 6.08. The molecule has 1 aliphatic heterocycles. The van der Waals surface area contributed by atoms with E-state index in [1.165, 1.54) is 18.2 Å². The largest absolute Gasteiger partial charge is 0.486 e. The van der Waals surface area contributed by atoms with E-state index in [4.69, 9.17) is 32.7 Å². The summed E-state index contributed by atoms with van der Waals surface area (Å²) in [4.78, 5) is -0.103. The second-order valence-electron chi connectivity index (χ2n) is 4.63. The van der Waals surface area contributed by atoms with Gasteiger partial charge in [0.25, 0.3) is 10.0 Å². The number of benzene rings is 2. The van der Waals surface area contributed by atoms with Crippen LogP contribution in [0.2, 0.25) is 10.0 Å². The Bertz CT molecular complexity index is 873. The van der Waals surface area contributed by atoms with Crippen molar-refractivity contribution in [1.29, 1.82) is 0 Å². The summed E-state index contributed by atoms with van der Waals surface area (Å²) in [5.41, 5.74) is 0.310. The molecule has 0 unspecified atom stereocenters. The van der Waals surface area contributed by atoms with E-state index in [0.29, 0.717) is 34.9 Å². The molecule has 0 amide bonds. The molecule has 0 saturated carbocycles. The fraction of sp³-hybridized carbons (Fsp3) is 0.143. The number of fused-ring (bicyclic) bond motifs is 1. The summed E-state index contributed by atoms with van der Waals surface area (Å²) in [5, 5.41) is 0.131. The molecule has 23 heavy (non-hydrogen) atoms. The smallest absolute Gasteiger partial charge is 0.263 e. The molecule has 0 spiro atoms. The molecule has 0 bridgehead atoms. The fourth-order valence-corrected chi connectivity index (χ4v) is 4.42. The lowest BCUT2D eigenvalue weighted by molar-refractivity contribution is 0.171. The van der Waals surface area contributed by atoms with Crippen LogP contribution in [0.3, 0.4) is 0 Å². The molecule has 2 aromatic rings. The van der Waals surface area contributed by atoms with Gasteiger partial charge in [0.2, 0.25) is 0 Å². The standard InChI is InChI=1S/C14H10BrCl2NO4S/c15-8-6-11-12(22-5-4-21-11)7-10(8)18-23(19,20)13-3-1-2-9(16)14(13)17/h1-3,6-7,18H,4-5H2. The molecule has 122 valence electrons. The van der Waals surface area contributed by atoms with E-state index in [9.17, 15) is 8.42 Å². The SMILES string of the molecule is O=S(=O)(Nc1cc2c(cc1Br)OCCO2)c1cccc(Cl)c1Cl. The van der Waals surface area contributed by atoms with E-state index in [2.05, 4.69) is 20.7 Å². The number of halogens is 3. The highest BCUT2D eigenvalue weighted by molar-refractivity contribution is 9.10. The number of ether oxygens (including phenoxy) is 2. The van der Waals surface area contributed by atoms with E-state index in [0.717, 1.165) is 0 Å². The Balaban J connectivity index is 1.99. The molecule has 0 fully saturated rings. The lowest BCUT2D eigenvalue weighted by atomic mass is 10.2. The first-order valence-electron chi connectivity index (χ1n) is 6.44. The second-order valence-corrected chi connectivity index (χ2v) is 7.92. The van der Waals surface area contributed by atoms with E-state index < -0.39 is 10.0 Å². The van der Waals surface area contributed by atoms with E-state index >= 15 is 0 Å². The molecule has 0 aromatic heterocycles. The number of sulfonamides is 1. The van der Waals surface area contributed by atoms with Crippen molar-refractivity contribution in [2.24, 2.45) is 0 Å². The van der Waals surface area contributed by atoms with Gasteiger partial charge in [-0.2, -0.15) is 0 Å². The molecule has 1 N–H and O–H groups in total. The van der Waals surface area contributed by atoms with Gasteiger partial charge in [0.05, 0.1) is 15.7 Å². The highest BCUT2D eigenvalue weighted by atomic mass is 79.9. The highest BCUT2D eigenvalue weighted by Crippen LogP contribution is 2.39. The van der Waals surface area contributed by atoms with E-state index in [1.807, 2.05) is 0 Å². The van der Waals surface area contributed by atoms with Gasteiger partial charge in [-0.1, -0.05) is 29.3 Å². The Morgan fingerprint density at radius 2 is 1.74 bits per heavy atom. The van der Waals surface area contributed by atoms with Crippen LogP contribution < -0.4 is 14.2 Å². The van der Waals surface area contributed by atoms with Gasteiger partial charge in [0, 0.05) is 16.6 Å². The van der Waals surface area contributed by atoms with Crippen LogP contribution in [0, 0.1) is 0 Å². The zero-order valence-corrected chi connectivity index (χ0v) is 15.4. The van der Waals surface area contributed by atoms with E-state index in [-0.39, 0.29) is 14.9 Å². The Morgan fingerprint density at radius 1 is 1.09 bits per heavy atom. The van der Waals surface area contributed by atoms with Gasteiger partial charge in [-0.05, 0) is 28.1 Å². The Kier molecular flexibility index (Phi) is 4.64. The monoisotopic (exact) mass is 437 g/mol. The third-order valence-electron chi connectivity index (χ3n) is 3.08. The van der Waals surface area contributed by atoms with Crippen molar-refractivity contribution in [2.45, 2.75) is 4.90 Å². The minimum absolute atomic E-state index is 0.0321. The fourth-order valence-electron chi connectivity index (χ4n) is 2.03. The van der Waals surface area contributed by atoms with Crippen LogP contribution in [0.25, 0.3) is 0 Å². The summed E-state index contributed by atoms with van der Waals surface area (Å²) in [7, 11) is -3.91. The van der Waals surface area contributed by atoms with Gasteiger partial charge in [-0.3, -0.25) is 4.72 Å². The first-order valence-corrected chi connectivity index (χ1v) is 9.47. The van der Waals surface area contributed by atoms with Crippen molar-refractivity contribution in [3.05, 3.63) is 44.8 Å². The maximum absolute atomic E-state index is 12.5. The number of hydrogen-bond donors (Lipinski definition) is 1. The normalized spacial score (nSPS) is 13.7. The minimum Gasteiger partial charge on any atom is -0.486 e.